The number of aliphatic carboxylic acids is 1. The van der Waals surface area contributed by atoms with Gasteiger partial charge in [-0.05, 0) is 6.92 Å². The molecule has 1 atom stereocenters. The average molecular weight is 254 g/mol. The Morgan fingerprint density at radius 1 is 1.39 bits per heavy atom. The van der Waals surface area contributed by atoms with Gasteiger partial charge in [-0.1, -0.05) is 0 Å². The van der Waals surface area contributed by atoms with Crippen molar-refractivity contribution < 1.29 is 14.3 Å². The van der Waals surface area contributed by atoms with Gasteiger partial charge in [0.2, 0.25) is 11.8 Å². The molecule has 1 fully saturated rings. The fourth-order valence-electron chi connectivity index (χ4n) is 2.06. The summed E-state index contributed by atoms with van der Waals surface area (Å²) in [6.07, 6.45) is 0. The van der Waals surface area contributed by atoms with Crippen molar-refractivity contribution in [2.45, 2.75) is 26.4 Å². The predicted molar refractivity (Wildman–Crippen MR) is 63.0 cm³/mol. The molecule has 0 aromatic carbocycles. The largest absolute Gasteiger partial charge is 0.480 e. The van der Waals surface area contributed by atoms with E-state index >= 15 is 0 Å². The van der Waals surface area contributed by atoms with E-state index in [9.17, 15) is 4.79 Å². The number of aryl methyl sites for hydroxylation is 1. The van der Waals surface area contributed by atoms with Gasteiger partial charge in [0, 0.05) is 33.1 Å². The molecule has 1 N–H and O–H groups in total. The van der Waals surface area contributed by atoms with E-state index in [2.05, 4.69) is 15.1 Å². The Kier molecular flexibility index (Phi) is 3.93. The van der Waals surface area contributed by atoms with Gasteiger partial charge in [0.25, 0.3) is 0 Å². The standard InChI is InChI=1S/C11H18N4O3/c1-8(11(16)17)15-5-3-14(4-6-15)7-10-13-12-9(2)18-10/h8H,3-7H2,1-2H3,(H,16,17). The van der Waals surface area contributed by atoms with Crippen molar-refractivity contribution in [3.05, 3.63) is 11.8 Å². The summed E-state index contributed by atoms with van der Waals surface area (Å²) in [6, 6.07) is -0.419. The third kappa shape index (κ3) is 3.05. The molecule has 2 heterocycles. The highest BCUT2D eigenvalue weighted by Crippen LogP contribution is 2.10. The van der Waals surface area contributed by atoms with Crippen LogP contribution in [0.4, 0.5) is 0 Å². The van der Waals surface area contributed by atoms with Crippen molar-refractivity contribution in [1.29, 1.82) is 0 Å². The zero-order valence-corrected chi connectivity index (χ0v) is 10.7. The molecule has 1 saturated heterocycles. The smallest absolute Gasteiger partial charge is 0.320 e. The molecule has 0 radical (unpaired) electrons. The maximum absolute atomic E-state index is 10.9. The van der Waals surface area contributed by atoms with Crippen molar-refractivity contribution in [2.24, 2.45) is 0 Å². The lowest BCUT2D eigenvalue weighted by Gasteiger charge is -2.35. The van der Waals surface area contributed by atoms with Crippen LogP contribution in [0.3, 0.4) is 0 Å². The van der Waals surface area contributed by atoms with E-state index in [4.69, 9.17) is 9.52 Å². The van der Waals surface area contributed by atoms with Crippen LogP contribution in [0.2, 0.25) is 0 Å². The Labute approximate surface area is 105 Å². The number of carboxylic acid groups (broad SMARTS) is 1. The molecule has 1 aliphatic rings. The summed E-state index contributed by atoms with van der Waals surface area (Å²) in [7, 11) is 0. The number of hydrogen-bond donors (Lipinski definition) is 1. The minimum Gasteiger partial charge on any atom is -0.480 e. The third-order valence-corrected chi connectivity index (χ3v) is 3.24. The second-order valence-electron chi connectivity index (χ2n) is 4.54. The molecule has 1 aromatic heterocycles. The number of hydrogen-bond acceptors (Lipinski definition) is 6. The van der Waals surface area contributed by atoms with Crippen LogP contribution < -0.4 is 0 Å². The molecule has 1 unspecified atom stereocenters. The highest BCUT2D eigenvalue weighted by Gasteiger charge is 2.25. The maximum atomic E-state index is 10.9. The van der Waals surface area contributed by atoms with E-state index in [0.29, 0.717) is 18.3 Å². The van der Waals surface area contributed by atoms with Crippen LogP contribution in [0.15, 0.2) is 4.42 Å². The lowest BCUT2D eigenvalue weighted by Crippen LogP contribution is -2.51. The SMILES string of the molecule is Cc1nnc(CN2CCN(C(C)C(=O)O)CC2)o1. The number of rotatable bonds is 4. The molecule has 0 saturated carbocycles. The van der Waals surface area contributed by atoms with Crippen LogP contribution in [0.1, 0.15) is 18.7 Å². The van der Waals surface area contributed by atoms with E-state index in [1.165, 1.54) is 0 Å². The first-order chi connectivity index (χ1) is 8.56. The zero-order chi connectivity index (χ0) is 13.1. The van der Waals surface area contributed by atoms with Crippen molar-refractivity contribution in [1.82, 2.24) is 20.0 Å². The first kappa shape index (κ1) is 13.0. The Hall–Kier alpha value is -1.47. The van der Waals surface area contributed by atoms with E-state index in [-0.39, 0.29) is 0 Å². The molecular formula is C11H18N4O3. The van der Waals surface area contributed by atoms with Gasteiger partial charge in [-0.25, -0.2) is 0 Å². The van der Waals surface area contributed by atoms with E-state index < -0.39 is 12.0 Å². The first-order valence-electron chi connectivity index (χ1n) is 6.04. The molecule has 100 valence electrons. The Balaban J connectivity index is 1.81. The Bertz CT molecular complexity index is 412. The molecule has 7 nitrogen and oxygen atoms in total. The molecule has 0 aliphatic carbocycles. The Morgan fingerprint density at radius 2 is 2.06 bits per heavy atom. The molecule has 7 heteroatoms. The van der Waals surface area contributed by atoms with Gasteiger partial charge >= 0.3 is 5.97 Å². The highest BCUT2D eigenvalue weighted by molar-refractivity contribution is 5.72. The van der Waals surface area contributed by atoms with Crippen molar-refractivity contribution in [3.63, 3.8) is 0 Å². The van der Waals surface area contributed by atoms with Crippen LogP contribution >= 0.6 is 0 Å². The summed E-state index contributed by atoms with van der Waals surface area (Å²) in [6.45, 7) is 7.26. The summed E-state index contributed by atoms with van der Waals surface area (Å²) in [5.74, 6) is 0.423. The van der Waals surface area contributed by atoms with Gasteiger partial charge in [-0.3, -0.25) is 14.6 Å². The van der Waals surface area contributed by atoms with E-state index in [1.807, 2.05) is 4.90 Å². The number of nitrogens with zero attached hydrogens (tertiary/aromatic N) is 4. The second kappa shape index (κ2) is 5.45. The minimum atomic E-state index is -0.768. The lowest BCUT2D eigenvalue weighted by molar-refractivity contribution is -0.143. The quantitative estimate of drug-likeness (QED) is 0.807. The molecule has 0 amide bonds. The minimum absolute atomic E-state index is 0.419. The van der Waals surface area contributed by atoms with Crippen LogP contribution in [-0.2, 0) is 11.3 Å². The molecular weight excluding hydrogens is 236 g/mol. The average Bonchev–Trinajstić information content (AvgIpc) is 2.75. The summed E-state index contributed by atoms with van der Waals surface area (Å²) in [5.41, 5.74) is 0. The fourth-order valence-corrected chi connectivity index (χ4v) is 2.06. The van der Waals surface area contributed by atoms with Gasteiger partial charge in [0.15, 0.2) is 0 Å². The maximum Gasteiger partial charge on any atom is 0.320 e. The molecule has 1 aromatic rings. The third-order valence-electron chi connectivity index (χ3n) is 3.24. The number of piperazine rings is 1. The molecule has 0 bridgehead atoms. The van der Waals surface area contributed by atoms with Crippen molar-refractivity contribution in [3.8, 4) is 0 Å². The summed E-state index contributed by atoms with van der Waals surface area (Å²) >= 11 is 0. The zero-order valence-electron chi connectivity index (χ0n) is 10.7. The number of carboxylic acids is 1. The Morgan fingerprint density at radius 3 is 2.56 bits per heavy atom. The lowest BCUT2D eigenvalue weighted by atomic mass is 10.2. The van der Waals surface area contributed by atoms with Gasteiger partial charge in [0.05, 0.1) is 6.54 Å². The monoisotopic (exact) mass is 254 g/mol. The summed E-state index contributed by atoms with van der Waals surface area (Å²) in [4.78, 5) is 15.0. The van der Waals surface area contributed by atoms with Gasteiger partial charge in [-0.15, -0.1) is 10.2 Å². The summed E-state index contributed by atoms with van der Waals surface area (Å²) < 4.78 is 5.33. The van der Waals surface area contributed by atoms with Crippen LogP contribution in [-0.4, -0.2) is 63.3 Å². The van der Waals surface area contributed by atoms with Gasteiger partial charge in [0.1, 0.15) is 6.04 Å². The van der Waals surface area contributed by atoms with Gasteiger partial charge in [-0.2, -0.15) is 0 Å². The topological polar surface area (TPSA) is 82.7 Å². The highest BCUT2D eigenvalue weighted by atomic mass is 16.4. The van der Waals surface area contributed by atoms with Crippen LogP contribution in [0, 0.1) is 6.92 Å². The molecule has 18 heavy (non-hydrogen) atoms. The van der Waals surface area contributed by atoms with Gasteiger partial charge < -0.3 is 9.52 Å². The van der Waals surface area contributed by atoms with Crippen LogP contribution in [0.25, 0.3) is 0 Å². The van der Waals surface area contributed by atoms with E-state index in [0.717, 1.165) is 26.2 Å². The molecule has 1 aliphatic heterocycles. The predicted octanol–water partition coefficient (Wildman–Crippen LogP) is -0.0313. The number of aromatic nitrogens is 2. The number of carbonyl (C=O) groups is 1. The van der Waals surface area contributed by atoms with E-state index in [1.54, 1.807) is 13.8 Å². The first-order valence-corrected chi connectivity index (χ1v) is 6.04. The summed E-state index contributed by atoms with van der Waals surface area (Å²) in [5, 5.41) is 16.7. The molecule has 2 rings (SSSR count). The van der Waals surface area contributed by atoms with Crippen LogP contribution in [0.5, 0.6) is 0 Å². The molecule has 0 spiro atoms. The second-order valence-corrected chi connectivity index (χ2v) is 4.54. The fraction of sp³-hybridized carbons (Fsp3) is 0.727. The van der Waals surface area contributed by atoms with Crippen molar-refractivity contribution in [2.75, 3.05) is 26.2 Å². The van der Waals surface area contributed by atoms with Crippen molar-refractivity contribution >= 4 is 5.97 Å². The normalized spacial score (nSPS) is 19.9.